The fourth-order valence-electron chi connectivity index (χ4n) is 1.79. The van der Waals surface area contributed by atoms with Gasteiger partial charge >= 0.3 is 6.03 Å². The Kier molecular flexibility index (Phi) is 2.98. The van der Waals surface area contributed by atoms with Crippen molar-refractivity contribution in [2.75, 3.05) is 4.90 Å². The molecule has 0 atom stereocenters. The number of amides is 2. The van der Waals surface area contributed by atoms with Crippen LogP contribution in [0.15, 0.2) is 42.7 Å². The van der Waals surface area contributed by atoms with E-state index in [9.17, 15) is 4.79 Å². The Morgan fingerprint density at radius 2 is 2.05 bits per heavy atom. The van der Waals surface area contributed by atoms with Crippen LogP contribution in [0, 0.1) is 0 Å². The Balaban J connectivity index is 2.11. The molecule has 0 aliphatic carbocycles. The van der Waals surface area contributed by atoms with Crippen LogP contribution in [0.25, 0.3) is 11.0 Å². The van der Waals surface area contributed by atoms with Crippen LogP contribution in [0.3, 0.4) is 0 Å². The summed E-state index contributed by atoms with van der Waals surface area (Å²) in [4.78, 5) is 21.3. The van der Waals surface area contributed by atoms with Crippen molar-refractivity contribution in [2.45, 2.75) is 0 Å². The maximum atomic E-state index is 11.8. The normalized spacial score (nSPS) is 10.4. The van der Waals surface area contributed by atoms with Crippen LogP contribution in [0.4, 0.5) is 16.4 Å². The van der Waals surface area contributed by atoms with Gasteiger partial charge in [-0.05, 0) is 12.1 Å². The SMILES string of the molecule is O=C(NO)N(c1ccccc1)c1ncc2cn[nH]c2n1. The number of carbonyl (C=O) groups is 1. The molecule has 0 unspecified atom stereocenters. The lowest BCUT2D eigenvalue weighted by molar-refractivity contribution is 0.168. The monoisotopic (exact) mass is 270 g/mol. The molecule has 8 nitrogen and oxygen atoms in total. The molecule has 0 spiro atoms. The van der Waals surface area contributed by atoms with Gasteiger partial charge in [-0.3, -0.25) is 10.3 Å². The molecule has 0 saturated heterocycles. The van der Waals surface area contributed by atoms with Crippen LogP contribution in [0.2, 0.25) is 0 Å². The summed E-state index contributed by atoms with van der Waals surface area (Å²) in [5.41, 5.74) is 2.61. The third-order valence-electron chi connectivity index (χ3n) is 2.69. The molecular weight excluding hydrogens is 260 g/mol. The molecule has 2 amide bonds. The molecule has 100 valence electrons. The van der Waals surface area contributed by atoms with E-state index in [-0.39, 0.29) is 5.95 Å². The van der Waals surface area contributed by atoms with Crippen molar-refractivity contribution >= 4 is 28.7 Å². The number of aromatic amines is 1. The molecule has 0 aliphatic rings. The van der Waals surface area contributed by atoms with E-state index < -0.39 is 6.03 Å². The molecule has 8 heteroatoms. The highest BCUT2D eigenvalue weighted by Gasteiger charge is 2.20. The van der Waals surface area contributed by atoms with Gasteiger partial charge in [0.05, 0.1) is 17.3 Å². The van der Waals surface area contributed by atoms with Crippen LogP contribution >= 0.6 is 0 Å². The fourth-order valence-corrected chi connectivity index (χ4v) is 1.79. The van der Waals surface area contributed by atoms with Crippen molar-refractivity contribution < 1.29 is 10.0 Å². The number of hydroxylamine groups is 1. The van der Waals surface area contributed by atoms with Crippen molar-refractivity contribution in [3.63, 3.8) is 0 Å². The van der Waals surface area contributed by atoms with Crippen LogP contribution in [-0.2, 0) is 0 Å². The molecule has 20 heavy (non-hydrogen) atoms. The van der Waals surface area contributed by atoms with E-state index in [0.717, 1.165) is 10.3 Å². The van der Waals surface area contributed by atoms with Crippen LogP contribution in [0.5, 0.6) is 0 Å². The summed E-state index contributed by atoms with van der Waals surface area (Å²) in [6.07, 6.45) is 3.12. The van der Waals surface area contributed by atoms with Crippen LogP contribution in [-0.4, -0.2) is 31.4 Å². The number of benzene rings is 1. The number of carbonyl (C=O) groups excluding carboxylic acids is 1. The number of urea groups is 1. The smallest absolute Gasteiger partial charge is 0.287 e. The van der Waals surface area contributed by atoms with Gasteiger partial charge in [0.2, 0.25) is 5.95 Å². The van der Waals surface area contributed by atoms with Gasteiger partial charge in [0, 0.05) is 6.20 Å². The van der Waals surface area contributed by atoms with Crippen molar-refractivity contribution in [3.8, 4) is 0 Å². The van der Waals surface area contributed by atoms with Gasteiger partial charge in [0.25, 0.3) is 0 Å². The van der Waals surface area contributed by atoms with Gasteiger partial charge in [-0.15, -0.1) is 0 Å². The summed E-state index contributed by atoms with van der Waals surface area (Å²) in [7, 11) is 0. The quantitative estimate of drug-likeness (QED) is 0.484. The average Bonchev–Trinajstić information content (AvgIpc) is 2.96. The molecule has 3 rings (SSSR count). The van der Waals surface area contributed by atoms with Gasteiger partial charge in [-0.25, -0.2) is 20.2 Å². The number of para-hydroxylation sites is 1. The van der Waals surface area contributed by atoms with Gasteiger partial charge in [0.1, 0.15) is 0 Å². The Hall–Kier alpha value is -3.00. The Bertz CT molecular complexity index is 742. The van der Waals surface area contributed by atoms with Gasteiger partial charge in [-0.2, -0.15) is 10.1 Å². The van der Waals surface area contributed by atoms with Crippen molar-refractivity contribution in [1.82, 2.24) is 25.6 Å². The predicted molar refractivity (Wildman–Crippen MR) is 70.6 cm³/mol. The molecular formula is C12H10N6O2. The zero-order chi connectivity index (χ0) is 13.9. The molecule has 0 saturated carbocycles. The highest BCUT2D eigenvalue weighted by atomic mass is 16.5. The molecule has 1 aromatic carbocycles. The van der Waals surface area contributed by atoms with Crippen molar-refractivity contribution in [2.24, 2.45) is 0 Å². The van der Waals surface area contributed by atoms with E-state index in [0.29, 0.717) is 11.3 Å². The molecule has 2 heterocycles. The maximum absolute atomic E-state index is 11.8. The van der Waals surface area contributed by atoms with Crippen molar-refractivity contribution in [1.29, 1.82) is 0 Å². The molecule has 0 bridgehead atoms. The number of hydrogen-bond acceptors (Lipinski definition) is 5. The van der Waals surface area contributed by atoms with E-state index in [1.165, 1.54) is 0 Å². The van der Waals surface area contributed by atoms with Crippen LogP contribution < -0.4 is 10.4 Å². The molecule has 0 fully saturated rings. The lowest BCUT2D eigenvalue weighted by Crippen LogP contribution is -2.35. The van der Waals surface area contributed by atoms with Crippen LogP contribution in [0.1, 0.15) is 0 Å². The molecule has 3 aromatic rings. The highest BCUT2D eigenvalue weighted by Crippen LogP contribution is 2.22. The van der Waals surface area contributed by atoms with Crippen molar-refractivity contribution in [3.05, 3.63) is 42.7 Å². The standard InChI is InChI=1S/C12H10N6O2/c19-12(17-20)18(9-4-2-1-3-5-9)11-13-6-8-7-14-16-10(8)15-11/h1-7,20H,(H,17,19)(H,13,14,15,16). The second-order valence-electron chi connectivity index (χ2n) is 3.93. The number of rotatable bonds is 2. The lowest BCUT2D eigenvalue weighted by Gasteiger charge is -2.19. The largest absolute Gasteiger partial charge is 0.352 e. The topological polar surface area (TPSA) is 107 Å². The minimum Gasteiger partial charge on any atom is -0.287 e. The number of H-pyrrole nitrogens is 1. The molecule has 3 N–H and O–H groups in total. The second-order valence-corrected chi connectivity index (χ2v) is 3.93. The van der Waals surface area contributed by atoms with E-state index in [2.05, 4.69) is 20.2 Å². The van der Waals surface area contributed by atoms with Gasteiger partial charge in [0.15, 0.2) is 5.65 Å². The first kappa shape index (κ1) is 12.1. The number of fused-ring (bicyclic) bond motifs is 1. The zero-order valence-electron chi connectivity index (χ0n) is 10.2. The lowest BCUT2D eigenvalue weighted by atomic mass is 10.3. The fraction of sp³-hybridized carbons (Fsp3) is 0. The summed E-state index contributed by atoms with van der Waals surface area (Å²) < 4.78 is 0. The third kappa shape index (κ3) is 2.04. The predicted octanol–water partition coefficient (Wildman–Crippen LogP) is 1.59. The summed E-state index contributed by atoms with van der Waals surface area (Å²) in [5.74, 6) is 0.125. The number of anilines is 2. The first-order valence-electron chi connectivity index (χ1n) is 5.75. The second kappa shape index (κ2) is 4.94. The number of nitrogens with zero attached hydrogens (tertiary/aromatic N) is 4. The minimum absolute atomic E-state index is 0.125. The highest BCUT2D eigenvalue weighted by molar-refractivity contribution is 5.97. The van der Waals surface area contributed by atoms with E-state index in [1.54, 1.807) is 42.1 Å². The Labute approximate surface area is 113 Å². The Morgan fingerprint density at radius 1 is 1.25 bits per heavy atom. The van der Waals surface area contributed by atoms with Gasteiger partial charge < -0.3 is 0 Å². The molecule has 2 aromatic heterocycles. The number of aromatic nitrogens is 4. The summed E-state index contributed by atoms with van der Waals surface area (Å²) >= 11 is 0. The first-order valence-corrected chi connectivity index (χ1v) is 5.75. The Morgan fingerprint density at radius 3 is 2.80 bits per heavy atom. The third-order valence-corrected chi connectivity index (χ3v) is 2.69. The number of hydrogen-bond donors (Lipinski definition) is 3. The zero-order valence-corrected chi connectivity index (χ0v) is 10.2. The average molecular weight is 270 g/mol. The summed E-state index contributed by atoms with van der Waals surface area (Å²) in [6.45, 7) is 0. The summed E-state index contributed by atoms with van der Waals surface area (Å²) in [6, 6.07) is 8.00. The molecule has 0 radical (unpaired) electrons. The maximum Gasteiger partial charge on any atom is 0.352 e. The van der Waals surface area contributed by atoms with Gasteiger partial charge in [-0.1, -0.05) is 18.2 Å². The van der Waals surface area contributed by atoms with E-state index in [1.807, 2.05) is 6.07 Å². The summed E-state index contributed by atoms with van der Waals surface area (Å²) in [5, 5.41) is 16.2. The minimum atomic E-state index is -0.755. The van der Waals surface area contributed by atoms with E-state index in [4.69, 9.17) is 5.21 Å². The van der Waals surface area contributed by atoms with E-state index >= 15 is 0 Å². The number of nitrogens with one attached hydrogen (secondary N) is 2. The molecule has 0 aliphatic heterocycles. The first-order chi connectivity index (χ1) is 9.79.